The molecule has 0 bridgehead atoms. The quantitative estimate of drug-likeness (QED) is 0.586. The molecule has 3 nitrogen and oxygen atoms in total. The normalized spacial score (nSPS) is 24.7. The van der Waals surface area contributed by atoms with Gasteiger partial charge in [-0.2, -0.15) is 0 Å². The molecule has 2 amide bonds. The fourth-order valence-electron chi connectivity index (χ4n) is 1.52. The lowest BCUT2D eigenvalue weighted by molar-refractivity contribution is 0.149. The van der Waals surface area contributed by atoms with Crippen LogP contribution in [0.5, 0.6) is 0 Å². The third kappa shape index (κ3) is 1.31. The molecule has 0 aromatic heterocycles. The number of hydrogen-bond acceptors (Lipinski definition) is 1. The Kier molecular flexibility index (Phi) is 1.90. The van der Waals surface area contributed by atoms with Crippen molar-refractivity contribution in [3.8, 4) is 0 Å². The number of carbonyl (C=O) groups excluding carboxylic acids is 1. The van der Waals surface area contributed by atoms with E-state index in [4.69, 9.17) is 0 Å². The van der Waals surface area contributed by atoms with Gasteiger partial charge < -0.3 is 10.2 Å². The molecule has 0 saturated carbocycles. The van der Waals surface area contributed by atoms with Gasteiger partial charge in [0.2, 0.25) is 0 Å². The van der Waals surface area contributed by atoms with Crippen molar-refractivity contribution in [1.82, 2.24) is 10.2 Å². The zero-order valence-corrected chi connectivity index (χ0v) is 8.14. The van der Waals surface area contributed by atoms with Gasteiger partial charge in [0.15, 0.2) is 0 Å². The van der Waals surface area contributed by atoms with Gasteiger partial charge >= 0.3 is 6.03 Å². The monoisotopic (exact) mass is 168 g/mol. The summed E-state index contributed by atoms with van der Waals surface area (Å²) in [4.78, 5) is 13.2. The smallest absolute Gasteiger partial charge is 0.311 e. The van der Waals surface area contributed by atoms with E-state index >= 15 is 0 Å². The van der Waals surface area contributed by atoms with Crippen LogP contribution in [0.25, 0.3) is 0 Å². The maximum atomic E-state index is 11.4. The summed E-state index contributed by atoms with van der Waals surface area (Å²) in [6.07, 6.45) is 0. The summed E-state index contributed by atoms with van der Waals surface area (Å²) in [5.41, 5.74) is 0.651. The van der Waals surface area contributed by atoms with Crippen molar-refractivity contribution in [2.75, 3.05) is 0 Å². The minimum atomic E-state index is -0.136. The van der Waals surface area contributed by atoms with Crippen LogP contribution in [-0.2, 0) is 0 Å². The lowest BCUT2D eigenvalue weighted by Gasteiger charge is -2.34. The van der Waals surface area contributed by atoms with Gasteiger partial charge in [0.1, 0.15) is 0 Å². The summed E-state index contributed by atoms with van der Waals surface area (Å²) in [5.74, 6) is 0. The van der Waals surface area contributed by atoms with Crippen LogP contribution in [-0.4, -0.2) is 22.5 Å². The summed E-state index contributed by atoms with van der Waals surface area (Å²) in [6, 6.07) is 0.0532. The molecule has 0 radical (unpaired) electrons. The molecular weight excluding hydrogens is 152 g/mol. The van der Waals surface area contributed by atoms with E-state index in [9.17, 15) is 4.79 Å². The first kappa shape index (κ1) is 9.10. The Balaban J connectivity index is 2.91. The fourth-order valence-corrected chi connectivity index (χ4v) is 1.52. The lowest BCUT2D eigenvalue weighted by atomic mass is 10.0. The zero-order valence-electron chi connectivity index (χ0n) is 8.14. The predicted molar refractivity (Wildman–Crippen MR) is 48.7 cm³/mol. The second-order valence-electron chi connectivity index (χ2n) is 4.17. The summed E-state index contributed by atoms with van der Waals surface area (Å²) >= 11 is 0. The van der Waals surface area contributed by atoms with Crippen LogP contribution in [0.2, 0.25) is 0 Å². The van der Waals surface area contributed by atoms with Crippen LogP contribution in [0.4, 0.5) is 4.79 Å². The van der Waals surface area contributed by atoms with E-state index < -0.39 is 0 Å². The van der Waals surface area contributed by atoms with Gasteiger partial charge in [0.25, 0.3) is 0 Å². The molecule has 1 N–H and O–H groups in total. The van der Waals surface area contributed by atoms with E-state index in [2.05, 4.69) is 11.9 Å². The second kappa shape index (κ2) is 2.51. The van der Waals surface area contributed by atoms with Gasteiger partial charge in [-0.15, -0.1) is 0 Å². The van der Waals surface area contributed by atoms with Crippen LogP contribution in [0, 0.1) is 0 Å². The van der Waals surface area contributed by atoms with Crippen molar-refractivity contribution >= 4 is 6.03 Å². The second-order valence-corrected chi connectivity index (χ2v) is 4.17. The highest BCUT2D eigenvalue weighted by Gasteiger charge is 2.37. The van der Waals surface area contributed by atoms with Gasteiger partial charge in [-0.25, -0.2) is 4.79 Å². The molecule has 1 fully saturated rings. The molecule has 3 heteroatoms. The topological polar surface area (TPSA) is 32.3 Å². The average Bonchev–Trinajstić information content (AvgIpc) is 2.05. The molecule has 1 rings (SSSR count). The Labute approximate surface area is 73.4 Å². The van der Waals surface area contributed by atoms with Gasteiger partial charge in [0.05, 0.1) is 6.04 Å². The first-order valence-electron chi connectivity index (χ1n) is 4.13. The van der Waals surface area contributed by atoms with Crippen LogP contribution in [0.1, 0.15) is 27.7 Å². The maximum Gasteiger partial charge on any atom is 0.322 e. The number of amides is 2. The van der Waals surface area contributed by atoms with Crippen LogP contribution in [0.15, 0.2) is 12.3 Å². The summed E-state index contributed by atoms with van der Waals surface area (Å²) in [6.45, 7) is 11.8. The molecule has 1 aliphatic heterocycles. The summed E-state index contributed by atoms with van der Waals surface area (Å²) in [7, 11) is 0. The van der Waals surface area contributed by atoms with E-state index in [1.165, 1.54) is 0 Å². The standard InChI is InChI=1S/C9H16N2O/c1-6-7(2)11(8(12)10-6)9(3,4)5/h7H,1H2,2-5H3,(H,10,12)/t7-/m0/s1. The predicted octanol–water partition coefficient (Wildman–Crippen LogP) is 1.71. The molecule has 1 atom stereocenters. The van der Waals surface area contributed by atoms with Crippen molar-refractivity contribution < 1.29 is 4.79 Å². The zero-order chi connectivity index (χ0) is 9.52. The van der Waals surface area contributed by atoms with Gasteiger partial charge in [-0.1, -0.05) is 6.58 Å². The molecular formula is C9H16N2O. The van der Waals surface area contributed by atoms with Crippen molar-refractivity contribution in [3.63, 3.8) is 0 Å². The van der Waals surface area contributed by atoms with E-state index in [0.717, 1.165) is 5.70 Å². The van der Waals surface area contributed by atoms with Gasteiger partial charge in [0, 0.05) is 11.2 Å². The van der Waals surface area contributed by atoms with Crippen molar-refractivity contribution in [3.05, 3.63) is 12.3 Å². The lowest BCUT2D eigenvalue weighted by Crippen LogP contribution is -2.46. The summed E-state index contributed by atoms with van der Waals surface area (Å²) < 4.78 is 0. The number of carbonyl (C=O) groups is 1. The molecule has 0 aliphatic carbocycles. The first-order valence-corrected chi connectivity index (χ1v) is 4.13. The molecule has 0 aromatic carbocycles. The molecule has 0 unspecified atom stereocenters. The third-order valence-electron chi connectivity index (χ3n) is 2.10. The largest absolute Gasteiger partial charge is 0.322 e. The molecule has 0 spiro atoms. The summed E-state index contributed by atoms with van der Waals surface area (Å²) in [5, 5.41) is 2.72. The minimum Gasteiger partial charge on any atom is -0.311 e. The third-order valence-corrected chi connectivity index (χ3v) is 2.10. The molecule has 1 saturated heterocycles. The van der Waals surface area contributed by atoms with E-state index in [-0.39, 0.29) is 17.6 Å². The average molecular weight is 168 g/mol. The molecule has 1 aliphatic rings. The molecule has 12 heavy (non-hydrogen) atoms. The van der Waals surface area contributed by atoms with Crippen molar-refractivity contribution in [1.29, 1.82) is 0 Å². The molecule has 68 valence electrons. The Morgan fingerprint density at radius 3 is 2.17 bits per heavy atom. The van der Waals surface area contributed by atoms with E-state index in [1.54, 1.807) is 4.90 Å². The maximum absolute atomic E-state index is 11.4. The van der Waals surface area contributed by atoms with E-state index in [0.29, 0.717) is 0 Å². The SMILES string of the molecule is C=C1NC(=O)N(C(C)(C)C)[C@H]1C. The van der Waals surface area contributed by atoms with Crippen LogP contribution in [0.3, 0.4) is 0 Å². The molecule has 1 heterocycles. The number of urea groups is 1. The minimum absolute atomic E-state index is 0.0417. The Morgan fingerprint density at radius 2 is 2.00 bits per heavy atom. The van der Waals surface area contributed by atoms with Crippen molar-refractivity contribution in [2.45, 2.75) is 39.3 Å². The van der Waals surface area contributed by atoms with Gasteiger partial charge in [-0.05, 0) is 27.7 Å². The highest BCUT2D eigenvalue weighted by atomic mass is 16.2. The van der Waals surface area contributed by atoms with Crippen molar-refractivity contribution in [2.24, 2.45) is 0 Å². The van der Waals surface area contributed by atoms with E-state index in [1.807, 2.05) is 27.7 Å². The number of hydrogen-bond donors (Lipinski definition) is 1. The Bertz CT molecular complexity index is 227. The Hall–Kier alpha value is -0.990. The molecule has 0 aromatic rings. The fraction of sp³-hybridized carbons (Fsp3) is 0.667. The highest BCUT2D eigenvalue weighted by molar-refractivity contribution is 5.81. The van der Waals surface area contributed by atoms with Crippen LogP contribution >= 0.6 is 0 Å². The number of rotatable bonds is 0. The number of nitrogens with zero attached hydrogens (tertiary/aromatic N) is 1. The van der Waals surface area contributed by atoms with Gasteiger partial charge in [-0.3, -0.25) is 0 Å². The van der Waals surface area contributed by atoms with Crippen LogP contribution < -0.4 is 5.32 Å². The first-order chi connectivity index (χ1) is 5.34. The highest BCUT2D eigenvalue weighted by Crippen LogP contribution is 2.24. The Morgan fingerprint density at radius 1 is 1.50 bits per heavy atom. The number of nitrogens with one attached hydrogen (secondary N) is 1.